The largest absolute Gasteiger partial charge is 0.497 e. The first kappa shape index (κ1) is 14.9. The van der Waals surface area contributed by atoms with Gasteiger partial charge in [-0.2, -0.15) is 0 Å². The maximum atomic E-state index is 11.3. The molecule has 0 aliphatic carbocycles. The number of hydrogen-bond donors (Lipinski definition) is 2. The van der Waals surface area contributed by atoms with Gasteiger partial charge in [-0.15, -0.1) is 0 Å². The average molecular weight is 284 g/mol. The minimum atomic E-state index is 0.0205. The van der Waals surface area contributed by atoms with Crippen molar-refractivity contribution in [2.75, 3.05) is 19.5 Å². The Hall–Kier alpha value is -2.49. The molecule has 2 aromatic carbocycles. The number of anilines is 1. The molecule has 0 aromatic heterocycles. The number of methoxy groups -OCH3 is 1. The molecule has 0 spiro atoms. The molecular formula is C17H20N2O2. The molecule has 4 heteroatoms. The number of nitrogens with one attached hydrogen (secondary N) is 2. The molecule has 110 valence electrons. The van der Waals surface area contributed by atoms with Gasteiger partial charge in [0.15, 0.2) is 0 Å². The van der Waals surface area contributed by atoms with Crippen LogP contribution in [0.1, 0.15) is 11.1 Å². The molecule has 0 saturated heterocycles. The van der Waals surface area contributed by atoms with Gasteiger partial charge in [-0.3, -0.25) is 4.79 Å². The van der Waals surface area contributed by atoms with Crippen molar-refractivity contribution < 1.29 is 9.53 Å². The number of likely N-dealkylation sites (N-methyl/N-ethyl adjacent to an activating group) is 1. The van der Waals surface area contributed by atoms with Crippen molar-refractivity contribution in [3.8, 4) is 5.75 Å². The Labute approximate surface area is 125 Å². The Kier molecular flexibility index (Phi) is 5.21. The first-order valence-corrected chi connectivity index (χ1v) is 6.87. The summed E-state index contributed by atoms with van der Waals surface area (Å²) in [5, 5.41) is 5.97. The van der Waals surface area contributed by atoms with Crippen LogP contribution in [-0.4, -0.2) is 20.1 Å². The summed E-state index contributed by atoms with van der Waals surface area (Å²) in [4.78, 5) is 11.3. The molecule has 0 saturated carbocycles. The van der Waals surface area contributed by atoms with Crippen LogP contribution in [0, 0.1) is 0 Å². The Morgan fingerprint density at radius 2 is 1.86 bits per heavy atom. The second-order valence-electron chi connectivity index (χ2n) is 4.75. The van der Waals surface area contributed by atoms with Gasteiger partial charge < -0.3 is 15.4 Å². The van der Waals surface area contributed by atoms with E-state index in [4.69, 9.17) is 4.74 Å². The number of carbonyl (C=O) groups is 1. The van der Waals surface area contributed by atoms with Crippen LogP contribution in [0.25, 0.3) is 0 Å². The first-order valence-electron chi connectivity index (χ1n) is 6.87. The molecule has 0 aliphatic heterocycles. The number of benzene rings is 2. The van der Waals surface area contributed by atoms with Crippen molar-refractivity contribution >= 4 is 11.6 Å². The molecule has 0 heterocycles. The fourth-order valence-corrected chi connectivity index (χ4v) is 2.00. The fourth-order valence-electron chi connectivity index (χ4n) is 2.00. The maximum absolute atomic E-state index is 11.3. The van der Waals surface area contributed by atoms with Crippen LogP contribution >= 0.6 is 0 Å². The standard InChI is InChI=1S/C17H20N2O2/c1-18-17(20)11-13-6-8-15(9-7-13)19-12-14-4-3-5-16(10-14)21-2/h3-10,19H,11-12H2,1-2H3,(H,18,20). The Bertz CT molecular complexity index is 594. The molecule has 21 heavy (non-hydrogen) atoms. The highest BCUT2D eigenvalue weighted by molar-refractivity contribution is 5.78. The van der Waals surface area contributed by atoms with Gasteiger partial charge in [0.2, 0.25) is 5.91 Å². The molecule has 4 nitrogen and oxygen atoms in total. The molecular weight excluding hydrogens is 264 g/mol. The minimum Gasteiger partial charge on any atom is -0.497 e. The third kappa shape index (κ3) is 4.53. The van der Waals surface area contributed by atoms with Crippen LogP contribution < -0.4 is 15.4 Å². The summed E-state index contributed by atoms with van der Waals surface area (Å²) >= 11 is 0. The molecule has 0 fully saturated rings. The van der Waals surface area contributed by atoms with Crippen molar-refractivity contribution in [3.63, 3.8) is 0 Å². The number of carbonyl (C=O) groups excluding carboxylic acids is 1. The van der Waals surface area contributed by atoms with E-state index in [-0.39, 0.29) is 5.91 Å². The lowest BCUT2D eigenvalue weighted by molar-refractivity contribution is -0.119. The summed E-state index contributed by atoms with van der Waals surface area (Å²) < 4.78 is 5.20. The zero-order chi connectivity index (χ0) is 15.1. The van der Waals surface area contributed by atoms with Gasteiger partial charge in [-0.25, -0.2) is 0 Å². The average Bonchev–Trinajstić information content (AvgIpc) is 2.54. The van der Waals surface area contributed by atoms with Crippen LogP contribution in [0.3, 0.4) is 0 Å². The van der Waals surface area contributed by atoms with Gasteiger partial charge in [0.1, 0.15) is 5.75 Å². The second-order valence-corrected chi connectivity index (χ2v) is 4.75. The highest BCUT2D eigenvalue weighted by Gasteiger charge is 2.01. The molecule has 0 radical (unpaired) electrons. The molecule has 0 atom stereocenters. The van der Waals surface area contributed by atoms with E-state index >= 15 is 0 Å². The van der Waals surface area contributed by atoms with Crippen LogP contribution in [0.15, 0.2) is 48.5 Å². The van der Waals surface area contributed by atoms with Gasteiger partial charge in [0.25, 0.3) is 0 Å². The van der Waals surface area contributed by atoms with Crippen molar-refractivity contribution in [2.45, 2.75) is 13.0 Å². The Morgan fingerprint density at radius 3 is 2.52 bits per heavy atom. The van der Waals surface area contributed by atoms with E-state index in [0.717, 1.165) is 29.1 Å². The number of hydrogen-bond acceptors (Lipinski definition) is 3. The second kappa shape index (κ2) is 7.33. The van der Waals surface area contributed by atoms with Crippen LogP contribution in [0.4, 0.5) is 5.69 Å². The van der Waals surface area contributed by atoms with Gasteiger partial charge in [0.05, 0.1) is 13.5 Å². The van der Waals surface area contributed by atoms with Gasteiger partial charge in [-0.1, -0.05) is 24.3 Å². The fraction of sp³-hybridized carbons (Fsp3) is 0.235. The SMILES string of the molecule is CNC(=O)Cc1ccc(NCc2cccc(OC)c2)cc1. The molecule has 2 aromatic rings. The van der Waals surface area contributed by atoms with Crippen LogP contribution in [0.2, 0.25) is 0 Å². The van der Waals surface area contributed by atoms with E-state index in [0.29, 0.717) is 6.42 Å². The highest BCUT2D eigenvalue weighted by Crippen LogP contribution is 2.15. The first-order chi connectivity index (χ1) is 10.2. The van der Waals surface area contributed by atoms with E-state index in [1.165, 1.54) is 0 Å². The summed E-state index contributed by atoms with van der Waals surface area (Å²) in [5.41, 5.74) is 3.18. The number of ether oxygens (including phenoxy) is 1. The third-order valence-electron chi connectivity index (χ3n) is 3.23. The number of rotatable bonds is 6. The van der Waals surface area contributed by atoms with Crippen LogP contribution in [0.5, 0.6) is 5.75 Å². The highest BCUT2D eigenvalue weighted by atomic mass is 16.5. The van der Waals surface area contributed by atoms with E-state index < -0.39 is 0 Å². The zero-order valence-corrected chi connectivity index (χ0v) is 12.3. The molecule has 2 rings (SSSR count). The zero-order valence-electron chi connectivity index (χ0n) is 12.3. The molecule has 0 unspecified atom stereocenters. The summed E-state index contributed by atoms with van der Waals surface area (Å²) in [7, 11) is 3.31. The van der Waals surface area contributed by atoms with Gasteiger partial charge in [-0.05, 0) is 35.4 Å². The van der Waals surface area contributed by atoms with Crippen molar-refractivity contribution in [2.24, 2.45) is 0 Å². The Balaban J connectivity index is 1.92. The van der Waals surface area contributed by atoms with E-state index in [9.17, 15) is 4.79 Å². The summed E-state index contributed by atoms with van der Waals surface area (Å²) in [6, 6.07) is 15.9. The molecule has 1 amide bonds. The van der Waals surface area contributed by atoms with E-state index in [1.807, 2.05) is 42.5 Å². The quantitative estimate of drug-likeness (QED) is 0.857. The van der Waals surface area contributed by atoms with Crippen molar-refractivity contribution in [1.82, 2.24) is 5.32 Å². The molecule has 0 aliphatic rings. The van der Waals surface area contributed by atoms with Crippen molar-refractivity contribution in [3.05, 3.63) is 59.7 Å². The smallest absolute Gasteiger partial charge is 0.224 e. The monoisotopic (exact) mass is 284 g/mol. The normalized spacial score (nSPS) is 10.0. The lowest BCUT2D eigenvalue weighted by Gasteiger charge is -2.09. The summed E-state index contributed by atoms with van der Waals surface area (Å²) in [6.07, 6.45) is 0.409. The van der Waals surface area contributed by atoms with E-state index in [2.05, 4.69) is 16.7 Å². The van der Waals surface area contributed by atoms with Crippen molar-refractivity contribution in [1.29, 1.82) is 0 Å². The summed E-state index contributed by atoms with van der Waals surface area (Å²) in [6.45, 7) is 0.728. The topological polar surface area (TPSA) is 50.4 Å². The minimum absolute atomic E-state index is 0.0205. The van der Waals surface area contributed by atoms with E-state index in [1.54, 1.807) is 14.2 Å². The third-order valence-corrected chi connectivity index (χ3v) is 3.23. The number of amides is 1. The summed E-state index contributed by atoms with van der Waals surface area (Å²) in [5.74, 6) is 0.877. The van der Waals surface area contributed by atoms with Crippen LogP contribution in [-0.2, 0) is 17.8 Å². The van der Waals surface area contributed by atoms with Gasteiger partial charge in [0, 0.05) is 19.3 Å². The molecule has 2 N–H and O–H groups in total. The lowest BCUT2D eigenvalue weighted by Crippen LogP contribution is -2.19. The maximum Gasteiger partial charge on any atom is 0.224 e. The Morgan fingerprint density at radius 1 is 1.10 bits per heavy atom. The lowest BCUT2D eigenvalue weighted by atomic mass is 10.1. The molecule has 0 bridgehead atoms. The predicted molar refractivity (Wildman–Crippen MR) is 84.5 cm³/mol. The predicted octanol–water partition coefficient (Wildman–Crippen LogP) is 2.60. The van der Waals surface area contributed by atoms with Gasteiger partial charge >= 0.3 is 0 Å².